The maximum absolute atomic E-state index is 6.31. The van der Waals surface area contributed by atoms with Crippen molar-refractivity contribution in [1.82, 2.24) is 0 Å². The molecule has 0 bridgehead atoms. The zero-order valence-corrected chi connectivity index (χ0v) is 13.3. The van der Waals surface area contributed by atoms with Gasteiger partial charge in [0.15, 0.2) is 0 Å². The van der Waals surface area contributed by atoms with E-state index >= 15 is 0 Å². The molecule has 1 radical (unpaired) electrons. The minimum absolute atomic E-state index is 0.827. The molecule has 115 valence electrons. The van der Waals surface area contributed by atoms with Gasteiger partial charge in [0.2, 0.25) is 0 Å². The van der Waals surface area contributed by atoms with Crippen molar-refractivity contribution in [3.63, 3.8) is 0 Å². The molecule has 0 aliphatic rings. The van der Waals surface area contributed by atoms with Crippen molar-refractivity contribution >= 4 is 0 Å². The third kappa shape index (κ3) is 2.55. The lowest BCUT2D eigenvalue weighted by atomic mass is 9.96. The van der Waals surface area contributed by atoms with Gasteiger partial charge in [-0.2, -0.15) is 0 Å². The summed E-state index contributed by atoms with van der Waals surface area (Å²) in [5.74, 6) is 1.69. The third-order valence-electron chi connectivity index (χ3n) is 4.14. The Hall–Kier alpha value is -3.06. The lowest BCUT2D eigenvalue weighted by molar-refractivity contribution is 0.597. The lowest BCUT2D eigenvalue weighted by Gasteiger charge is -2.04. The summed E-state index contributed by atoms with van der Waals surface area (Å²) in [4.78, 5) is 0. The molecule has 0 spiro atoms. The molecule has 1 heteroatoms. The van der Waals surface area contributed by atoms with Gasteiger partial charge < -0.3 is 4.42 Å². The van der Waals surface area contributed by atoms with Crippen LogP contribution in [0.15, 0.2) is 95.4 Å². The Morgan fingerprint density at radius 2 is 0.917 bits per heavy atom. The Labute approximate surface area is 142 Å². The van der Waals surface area contributed by atoms with Crippen LogP contribution in [0.4, 0.5) is 0 Å². The summed E-state index contributed by atoms with van der Waals surface area (Å²) in [6, 6.07) is 30.6. The van der Waals surface area contributed by atoms with Crippen LogP contribution < -0.4 is 0 Å². The fraction of sp³-hybridized carbons (Fsp3) is 0. The number of furan rings is 1. The number of hydrogen-bond donors (Lipinski definition) is 0. The van der Waals surface area contributed by atoms with Gasteiger partial charge in [-0.15, -0.1) is 0 Å². The molecule has 0 unspecified atom stereocenters. The normalized spacial score (nSPS) is 10.7. The molecule has 0 saturated heterocycles. The molecule has 1 nitrogen and oxygen atoms in total. The second kappa shape index (κ2) is 6.21. The zero-order chi connectivity index (χ0) is 16.4. The Balaban J connectivity index is 1.99. The van der Waals surface area contributed by atoms with Crippen molar-refractivity contribution in [2.24, 2.45) is 0 Å². The predicted octanol–water partition coefficient (Wildman–Crippen LogP) is 6.46. The van der Waals surface area contributed by atoms with Crippen LogP contribution in [0.2, 0.25) is 0 Å². The maximum atomic E-state index is 6.31. The number of rotatable bonds is 3. The van der Waals surface area contributed by atoms with Crippen LogP contribution in [0.3, 0.4) is 0 Å². The summed E-state index contributed by atoms with van der Waals surface area (Å²) in [6.45, 7) is 4.33. The first-order valence-electron chi connectivity index (χ1n) is 7.99. The molecule has 0 N–H and O–H groups in total. The molecule has 4 aromatic rings. The second-order valence-corrected chi connectivity index (χ2v) is 5.71. The highest BCUT2D eigenvalue weighted by molar-refractivity contribution is 5.88. The van der Waals surface area contributed by atoms with Crippen molar-refractivity contribution in [2.75, 3.05) is 0 Å². The highest BCUT2D eigenvalue weighted by Crippen LogP contribution is 2.42. The largest absolute Gasteiger partial charge is 0.455 e. The van der Waals surface area contributed by atoms with Crippen LogP contribution in [-0.2, 0) is 0 Å². The zero-order valence-electron chi connectivity index (χ0n) is 13.3. The highest BCUT2D eigenvalue weighted by Gasteiger charge is 2.20. The minimum atomic E-state index is 0.827. The summed E-state index contributed by atoms with van der Waals surface area (Å²) in [6.07, 6.45) is 0. The van der Waals surface area contributed by atoms with Crippen LogP contribution in [-0.4, -0.2) is 0 Å². The molecular weight excluding hydrogens is 292 g/mol. The minimum Gasteiger partial charge on any atom is -0.455 e. The molecule has 0 saturated carbocycles. The van der Waals surface area contributed by atoms with E-state index in [0.717, 1.165) is 39.3 Å². The van der Waals surface area contributed by atoms with Gasteiger partial charge in [-0.3, -0.25) is 0 Å². The molecule has 3 aromatic carbocycles. The smallest absolute Gasteiger partial charge is 0.142 e. The summed E-state index contributed by atoms with van der Waals surface area (Å²) in [5, 5.41) is 0. The molecule has 0 amide bonds. The van der Waals surface area contributed by atoms with Gasteiger partial charge in [-0.1, -0.05) is 91.0 Å². The SMILES string of the molecule is [CH2]c1c(-c2ccccc2)oc(-c2ccccc2)c1-c1ccccc1. The van der Waals surface area contributed by atoms with E-state index in [2.05, 4.69) is 43.3 Å². The summed E-state index contributed by atoms with van der Waals surface area (Å²) < 4.78 is 6.31. The molecule has 0 aliphatic carbocycles. The van der Waals surface area contributed by atoms with E-state index in [-0.39, 0.29) is 0 Å². The second-order valence-electron chi connectivity index (χ2n) is 5.71. The molecular formula is C23H17O. The average Bonchev–Trinajstić information content (AvgIpc) is 3.01. The first kappa shape index (κ1) is 14.5. The van der Waals surface area contributed by atoms with Crippen molar-refractivity contribution in [3.8, 4) is 33.8 Å². The van der Waals surface area contributed by atoms with Gasteiger partial charge in [0.1, 0.15) is 11.5 Å². The Morgan fingerprint density at radius 3 is 1.42 bits per heavy atom. The van der Waals surface area contributed by atoms with Gasteiger partial charge in [-0.05, 0) is 12.5 Å². The molecule has 1 aromatic heterocycles. The first-order chi connectivity index (χ1) is 11.8. The molecule has 24 heavy (non-hydrogen) atoms. The van der Waals surface area contributed by atoms with Crippen LogP contribution in [0.5, 0.6) is 0 Å². The van der Waals surface area contributed by atoms with E-state index in [4.69, 9.17) is 4.42 Å². The fourth-order valence-corrected chi connectivity index (χ4v) is 2.99. The van der Waals surface area contributed by atoms with E-state index in [1.807, 2.05) is 54.6 Å². The van der Waals surface area contributed by atoms with Crippen molar-refractivity contribution in [3.05, 3.63) is 103 Å². The quantitative estimate of drug-likeness (QED) is 0.423. The van der Waals surface area contributed by atoms with Crippen LogP contribution in [0.25, 0.3) is 33.8 Å². The number of hydrogen-bond acceptors (Lipinski definition) is 1. The van der Waals surface area contributed by atoms with Crippen LogP contribution in [0, 0.1) is 6.92 Å². The van der Waals surface area contributed by atoms with E-state index in [9.17, 15) is 0 Å². The topological polar surface area (TPSA) is 13.1 Å². The standard InChI is InChI=1S/C23H17O/c1-17-21(18-11-5-2-6-12-18)23(20-15-9-4-10-16-20)24-22(17)19-13-7-3-8-14-19/h2-16H,1H2. The fourth-order valence-electron chi connectivity index (χ4n) is 2.99. The Morgan fingerprint density at radius 1 is 0.500 bits per heavy atom. The third-order valence-corrected chi connectivity index (χ3v) is 4.14. The highest BCUT2D eigenvalue weighted by atomic mass is 16.3. The Kier molecular flexibility index (Phi) is 3.76. The van der Waals surface area contributed by atoms with Gasteiger partial charge >= 0.3 is 0 Å². The van der Waals surface area contributed by atoms with Gasteiger partial charge in [0, 0.05) is 22.3 Å². The Bertz CT molecular complexity index is 936. The van der Waals surface area contributed by atoms with E-state index in [1.165, 1.54) is 0 Å². The first-order valence-corrected chi connectivity index (χ1v) is 7.99. The number of benzene rings is 3. The summed E-state index contributed by atoms with van der Waals surface area (Å²) >= 11 is 0. The van der Waals surface area contributed by atoms with Crippen molar-refractivity contribution in [1.29, 1.82) is 0 Å². The van der Waals surface area contributed by atoms with E-state index in [1.54, 1.807) is 0 Å². The van der Waals surface area contributed by atoms with Crippen LogP contribution >= 0.6 is 0 Å². The summed E-state index contributed by atoms with van der Waals surface area (Å²) in [7, 11) is 0. The summed E-state index contributed by atoms with van der Waals surface area (Å²) in [5.41, 5.74) is 5.20. The van der Waals surface area contributed by atoms with Crippen molar-refractivity contribution in [2.45, 2.75) is 0 Å². The molecule has 0 atom stereocenters. The molecule has 1 heterocycles. The van der Waals surface area contributed by atoms with Gasteiger partial charge in [-0.25, -0.2) is 0 Å². The lowest BCUT2D eigenvalue weighted by Crippen LogP contribution is -1.83. The average molecular weight is 309 g/mol. The predicted molar refractivity (Wildman–Crippen MR) is 99.5 cm³/mol. The van der Waals surface area contributed by atoms with Gasteiger partial charge in [0.05, 0.1) is 0 Å². The maximum Gasteiger partial charge on any atom is 0.142 e. The monoisotopic (exact) mass is 309 g/mol. The van der Waals surface area contributed by atoms with Crippen LogP contribution in [0.1, 0.15) is 5.56 Å². The van der Waals surface area contributed by atoms with Gasteiger partial charge in [0.25, 0.3) is 0 Å². The molecule has 4 rings (SSSR count). The molecule has 0 aliphatic heterocycles. The van der Waals surface area contributed by atoms with Crippen molar-refractivity contribution < 1.29 is 4.42 Å². The van der Waals surface area contributed by atoms with E-state index < -0.39 is 0 Å². The molecule has 0 fully saturated rings. The van der Waals surface area contributed by atoms with E-state index in [0.29, 0.717) is 0 Å².